The Labute approximate surface area is 162 Å². The van der Waals surface area contributed by atoms with Crippen molar-refractivity contribution in [2.45, 2.75) is 42.5 Å². The Balaban J connectivity index is 1.95. The van der Waals surface area contributed by atoms with Gasteiger partial charge in [-0.25, -0.2) is 0 Å². The van der Waals surface area contributed by atoms with E-state index < -0.39 is 28.6 Å². The zero-order valence-corrected chi connectivity index (χ0v) is 15.7. The summed E-state index contributed by atoms with van der Waals surface area (Å²) in [5.41, 5.74) is -2.82. The molecule has 7 heteroatoms. The number of hydrogen-bond acceptors (Lipinski definition) is 7. The van der Waals surface area contributed by atoms with Gasteiger partial charge >= 0.3 is 0 Å². The summed E-state index contributed by atoms with van der Waals surface area (Å²) >= 11 is 1.59. The highest BCUT2D eigenvalue weighted by atomic mass is 32.2. The van der Waals surface area contributed by atoms with E-state index in [2.05, 4.69) is 18.2 Å². The Bertz CT molecular complexity index is 911. The zero-order valence-electron chi connectivity index (χ0n) is 14.9. The third-order valence-corrected chi connectivity index (χ3v) is 6.98. The number of thioether (sulfide) groups is 1. The van der Waals surface area contributed by atoms with Crippen molar-refractivity contribution in [3.8, 4) is 18.2 Å². The fraction of sp³-hybridized carbons (Fsp3) is 0.500. The molecule has 1 saturated carbocycles. The lowest BCUT2D eigenvalue weighted by atomic mass is 9.51. The third kappa shape index (κ3) is 2.00. The first-order valence-corrected chi connectivity index (χ1v) is 10.1. The van der Waals surface area contributed by atoms with Gasteiger partial charge in [-0.15, -0.1) is 11.8 Å². The van der Waals surface area contributed by atoms with E-state index in [0.717, 1.165) is 17.7 Å². The van der Waals surface area contributed by atoms with Gasteiger partial charge in [0.05, 0.1) is 24.1 Å². The predicted molar refractivity (Wildman–Crippen MR) is 97.3 cm³/mol. The second kappa shape index (κ2) is 5.99. The summed E-state index contributed by atoms with van der Waals surface area (Å²) in [6, 6.07) is 13.8. The minimum absolute atomic E-state index is 0.303. The van der Waals surface area contributed by atoms with Crippen LogP contribution in [0.5, 0.6) is 0 Å². The summed E-state index contributed by atoms with van der Waals surface area (Å²) < 4.78 is 12.2. The largest absolute Gasteiger partial charge is 0.447 e. The van der Waals surface area contributed by atoms with Crippen LogP contribution in [0.15, 0.2) is 29.2 Å². The number of ether oxygens (including phenoxy) is 2. The predicted octanol–water partition coefficient (Wildman–Crippen LogP) is 3.92. The fourth-order valence-corrected chi connectivity index (χ4v) is 5.35. The number of nitrogens with zero attached hydrogens (tertiary/aromatic N) is 3. The zero-order chi connectivity index (χ0) is 19.3. The maximum Gasteiger partial charge on any atom is 0.217 e. The molecule has 27 heavy (non-hydrogen) atoms. The highest BCUT2D eigenvalue weighted by Gasteiger charge is 2.80. The Morgan fingerprint density at radius 3 is 2.41 bits per heavy atom. The molecule has 2 saturated heterocycles. The van der Waals surface area contributed by atoms with Crippen LogP contribution in [0.25, 0.3) is 0 Å². The Morgan fingerprint density at radius 1 is 1.11 bits per heavy atom. The number of nitriles is 3. The van der Waals surface area contributed by atoms with E-state index in [1.54, 1.807) is 11.8 Å². The highest BCUT2D eigenvalue weighted by molar-refractivity contribution is 7.98. The van der Waals surface area contributed by atoms with Crippen LogP contribution in [0.1, 0.15) is 37.4 Å². The van der Waals surface area contributed by atoms with Crippen molar-refractivity contribution in [1.82, 2.24) is 0 Å². The maximum atomic E-state index is 10.2. The van der Waals surface area contributed by atoms with Gasteiger partial charge in [0.2, 0.25) is 17.1 Å². The quantitative estimate of drug-likeness (QED) is 0.780. The molecule has 0 spiro atoms. The summed E-state index contributed by atoms with van der Waals surface area (Å²) in [6.45, 7) is 0. The first-order valence-electron chi connectivity index (χ1n) is 8.87. The summed E-state index contributed by atoms with van der Waals surface area (Å²) in [5.74, 6) is -1.90. The van der Waals surface area contributed by atoms with Gasteiger partial charge < -0.3 is 9.47 Å². The van der Waals surface area contributed by atoms with Crippen LogP contribution in [0, 0.1) is 56.2 Å². The average Bonchev–Trinajstić information content (AvgIpc) is 2.92. The number of hydrogen-bond donors (Lipinski definition) is 1. The molecule has 0 aromatic heterocycles. The molecule has 3 fully saturated rings. The van der Waals surface area contributed by atoms with Crippen LogP contribution in [0.4, 0.5) is 0 Å². The summed E-state index contributed by atoms with van der Waals surface area (Å²) in [5, 5.41) is 38.9. The molecule has 0 amide bonds. The molecule has 1 aliphatic carbocycles. The SMILES string of the molecule is CSc1ccc([C@H]2O[C@@]34CCCC[C@@H]3[C@@](C#N)(C(=N)O4)C2(C#N)C#N)cc1. The molecule has 2 heterocycles. The van der Waals surface area contributed by atoms with Crippen LogP contribution < -0.4 is 0 Å². The molecule has 0 unspecified atom stereocenters. The van der Waals surface area contributed by atoms with Gasteiger partial charge in [-0.05, 0) is 36.8 Å². The van der Waals surface area contributed by atoms with E-state index in [9.17, 15) is 15.8 Å². The van der Waals surface area contributed by atoms with Crippen molar-refractivity contribution in [3.63, 3.8) is 0 Å². The van der Waals surface area contributed by atoms with E-state index in [-0.39, 0.29) is 5.90 Å². The molecule has 0 radical (unpaired) electrons. The van der Waals surface area contributed by atoms with Crippen molar-refractivity contribution in [2.24, 2.45) is 16.7 Å². The third-order valence-electron chi connectivity index (χ3n) is 6.23. The Kier molecular flexibility index (Phi) is 3.96. The second-order valence-electron chi connectivity index (χ2n) is 7.26. The number of benzene rings is 1. The van der Waals surface area contributed by atoms with Crippen molar-refractivity contribution < 1.29 is 9.47 Å². The van der Waals surface area contributed by atoms with E-state index in [0.29, 0.717) is 18.4 Å². The molecule has 136 valence electrons. The van der Waals surface area contributed by atoms with Crippen molar-refractivity contribution >= 4 is 17.7 Å². The van der Waals surface area contributed by atoms with Gasteiger partial charge in [-0.1, -0.05) is 18.6 Å². The van der Waals surface area contributed by atoms with Crippen LogP contribution in [-0.4, -0.2) is 17.9 Å². The van der Waals surface area contributed by atoms with Gasteiger partial charge in [0.1, 0.15) is 6.10 Å². The van der Waals surface area contributed by atoms with Crippen LogP contribution in [0.2, 0.25) is 0 Å². The lowest BCUT2D eigenvalue weighted by Gasteiger charge is -2.51. The summed E-state index contributed by atoms with van der Waals surface area (Å²) in [4.78, 5) is 1.05. The monoisotopic (exact) mass is 378 g/mol. The molecule has 6 nitrogen and oxygen atoms in total. The molecule has 1 aromatic rings. The maximum absolute atomic E-state index is 10.2. The van der Waals surface area contributed by atoms with E-state index >= 15 is 0 Å². The molecule has 4 rings (SSSR count). The molecule has 1 N–H and O–H groups in total. The molecular weight excluding hydrogens is 360 g/mol. The minimum Gasteiger partial charge on any atom is -0.447 e. The molecule has 4 atom stereocenters. The first kappa shape index (κ1) is 17.9. The molecule has 2 bridgehead atoms. The van der Waals surface area contributed by atoms with Crippen LogP contribution in [0.3, 0.4) is 0 Å². The topological polar surface area (TPSA) is 114 Å². The first-order chi connectivity index (χ1) is 13.0. The highest BCUT2D eigenvalue weighted by Crippen LogP contribution is 2.69. The van der Waals surface area contributed by atoms with Crippen LogP contribution >= 0.6 is 11.8 Å². The van der Waals surface area contributed by atoms with Crippen molar-refractivity contribution in [1.29, 1.82) is 21.2 Å². The van der Waals surface area contributed by atoms with E-state index in [1.165, 1.54) is 0 Å². The van der Waals surface area contributed by atoms with Crippen LogP contribution in [-0.2, 0) is 9.47 Å². The van der Waals surface area contributed by atoms with E-state index in [1.807, 2.05) is 30.5 Å². The smallest absolute Gasteiger partial charge is 0.217 e. The van der Waals surface area contributed by atoms with Crippen molar-refractivity contribution in [3.05, 3.63) is 29.8 Å². The Hall–Kier alpha value is -2.53. The van der Waals surface area contributed by atoms with Crippen molar-refractivity contribution in [2.75, 3.05) is 6.26 Å². The average molecular weight is 378 g/mol. The minimum atomic E-state index is -1.85. The number of nitrogens with one attached hydrogen (secondary N) is 1. The lowest BCUT2D eigenvalue weighted by molar-refractivity contribution is -0.294. The van der Waals surface area contributed by atoms with Gasteiger partial charge in [0, 0.05) is 11.3 Å². The normalized spacial score (nSPS) is 35.9. The summed E-state index contributed by atoms with van der Waals surface area (Å²) in [7, 11) is 0. The lowest BCUT2D eigenvalue weighted by Crippen LogP contribution is -2.60. The standard InChI is InChI=1S/C20H18N4O2S/c1-27-14-7-5-13(6-8-14)16-18(10-21,11-22)19(12-23)15-4-2-3-9-20(15,25-16)26-17(19)24/h5-8,15-16,24H,2-4,9H2,1H3/t15-,16-,19+,20-/m1/s1. The molecular formula is C20H18N4O2S. The van der Waals surface area contributed by atoms with Gasteiger partial charge in [0.15, 0.2) is 5.41 Å². The van der Waals surface area contributed by atoms with Gasteiger partial charge in [-0.3, -0.25) is 5.41 Å². The van der Waals surface area contributed by atoms with Gasteiger partial charge in [0.25, 0.3) is 0 Å². The fourth-order valence-electron chi connectivity index (χ4n) is 4.94. The Morgan fingerprint density at radius 2 is 1.81 bits per heavy atom. The van der Waals surface area contributed by atoms with Gasteiger partial charge in [-0.2, -0.15) is 15.8 Å². The molecule has 2 aliphatic heterocycles. The second-order valence-corrected chi connectivity index (χ2v) is 8.14. The number of rotatable bonds is 2. The summed E-state index contributed by atoms with van der Waals surface area (Å²) in [6.07, 6.45) is 3.87. The van der Waals surface area contributed by atoms with E-state index in [4.69, 9.17) is 14.9 Å². The molecule has 3 aliphatic rings. The molecule has 1 aromatic carbocycles.